The van der Waals surface area contributed by atoms with Gasteiger partial charge in [0, 0.05) is 12.0 Å². The molecule has 0 spiro atoms. The Morgan fingerprint density at radius 3 is 2.38 bits per heavy atom. The van der Waals surface area contributed by atoms with Crippen LogP contribution in [0, 0.1) is 5.41 Å². The molecule has 0 aromatic heterocycles. The predicted octanol–water partition coefficient (Wildman–Crippen LogP) is 2.48. The van der Waals surface area contributed by atoms with E-state index in [0.29, 0.717) is 5.91 Å². The molecule has 76 valence electrons. The Balaban J connectivity index is 2.49. The summed E-state index contributed by atoms with van der Waals surface area (Å²) in [6.45, 7) is 5.06. The summed E-state index contributed by atoms with van der Waals surface area (Å²) in [6, 6.07) is 0. The topological polar surface area (TPSA) is 29.1 Å². The molecule has 1 N–H and O–H groups in total. The average molecular weight is 183 g/mol. The smallest absolute Gasteiger partial charge is 0.226 e. The Morgan fingerprint density at radius 1 is 1.31 bits per heavy atom. The van der Waals surface area contributed by atoms with Gasteiger partial charge in [-0.1, -0.05) is 26.7 Å². The summed E-state index contributed by atoms with van der Waals surface area (Å²) in [5.41, 5.74) is -0.00479. The van der Waals surface area contributed by atoms with Gasteiger partial charge in [0.05, 0.1) is 0 Å². The van der Waals surface area contributed by atoms with E-state index < -0.39 is 0 Å². The van der Waals surface area contributed by atoms with Crippen LogP contribution in [0.2, 0.25) is 0 Å². The van der Waals surface area contributed by atoms with Crippen LogP contribution < -0.4 is 5.32 Å². The monoisotopic (exact) mass is 183 g/mol. The van der Waals surface area contributed by atoms with Crippen LogP contribution in [0.15, 0.2) is 0 Å². The van der Waals surface area contributed by atoms with Crippen LogP contribution in [0.3, 0.4) is 0 Å². The summed E-state index contributed by atoms with van der Waals surface area (Å²) >= 11 is 0. The van der Waals surface area contributed by atoms with Gasteiger partial charge in [-0.25, -0.2) is 0 Å². The van der Waals surface area contributed by atoms with E-state index in [9.17, 15) is 4.79 Å². The molecule has 0 radical (unpaired) electrons. The summed E-state index contributed by atoms with van der Waals surface area (Å²) in [4.78, 5) is 11.8. The molecule has 1 amide bonds. The molecule has 0 heterocycles. The third-order valence-electron chi connectivity index (χ3n) is 3.25. The molecule has 0 atom stereocenters. The van der Waals surface area contributed by atoms with Crippen molar-refractivity contribution in [2.24, 2.45) is 5.41 Å². The van der Waals surface area contributed by atoms with Gasteiger partial charge in [0.15, 0.2) is 0 Å². The predicted molar refractivity (Wildman–Crippen MR) is 54.5 cm³/mol. The van der Waals surface area contributed by atoms with Crippen LogP contribution in [-0.2, 0) is 4.79 Å². The molecule has 0 unspecified atom stereocenters. The van der Waals surface area contributed by atoms with Gasteiger partial charge >= 0.3 is 0 Å². The molecule has 1 rings (SSSR count). The summed E-state index contributed by atoms with van der Waals surface area (Å²) in [6.07, 6.45) is 6.69. The standard InChI is InChI=1S/C11H21NO/c1-3-9-12-10(13)11(4-2)7-5-6-8-11/h3-9H2,1-2H3,(H,12,13). The third-order valence-corrected chi connectivity index (χ3v) is 3.25. The number of rotatable bonds is 4. The zero-order valence-corrected chi connectivity index (χ0v) is 8.86. The van der Waals surface area contributed by atoms with E-state index in [0.717, 1.165) is 32.2 Å². The van der Waals surface area contributed by atoms with E-state index in [1.165, 1.54) is 12.8 Å². The molecule has 1 fully saturated rings. The molecular weight excluding hydrogens is 162 g/mol. The summed E-state index contributed by atoms with van der Waals surface area (Å²) in [5, 5.41) is 3.03. The quantitative estimate of drug-likeness (QED) is 0.712. The molecule has 2 heteroatoms. The second-order valence-electron chi connectivity index (χ2n) is 4.10. The first-order valence-corrected chi connectivity index (χ1v) is 5.53. The minimum absolute atomic E-state index is 0.00479. The molecule has 1 aliphatic carbocycles. The first-order valence-electron chi connectivity index (χ1n) is 5.53. The number of nitrogens with one attached hydrogen (secondary N) is 1. The lowest BCUT2D eigenvalue weighted by Crippen LogP contribution is -2.39. The van der Waals surface area contributed by atoms with E-state index in [1.54, 1.807) is 0 Å². The normalized spacial score (nSPS) is 20.2. The number of hydrogen-bond acceptors (Lipinski definition) is 1. The van der Waals surface area contributed by atoms with E-state index in [1.807, 2.05) is 0 Å². The Morgan fingerprint density at radius 2 is 1.92 bits per heavy atom. The van der Waals surface area contributed by atoms with Crippen molar-refractivity contribution in [3.63, 3.8) is 0 Å². The second kappa shape index (κ2) is 4.64. The van der Waals surface area contributed by atoms with Gasteiger partial charge in [0.25, 0.3) is 0 Å². The molecule has 1 aliphatic rings. The van der Waals surface area contributed by atoms with Crippen molar-refractivity contribution >= 4 is 5.91 Å². The summed E-state index contributed by atoms with van der Waals surface area (Å²) in [5.74, 6) is 0.300. The minimum atomic E-state index is -0.00479. The lowest BCUT2D eigenvalue weighted by atomic mass is 9.82. The zero-order chi connectivity index (χ0) is 9.73. The van der Waals surface area contributed by atoms with Crippen LogP contribution in [0.5, 0.6) is 0 Å². The summed E-state index contributed by atoms with van der Waals surface area (Å²) < 4.78 is 0. The van der Waals surface area contributed by atoms with Crippen molar-refractivity contribution in [1.82, 2.24) is 5.32 Å². The van der Waals surface area contributed by atoms with Crippen LogP contribution in [-0.4, -0.2) is 12.5 Å². The first-order chi connectivity index (χ1) is 6.25. The average Bonchev–Trinajstić information content (AvgIpc) is 2.63. The molecule has 0 bridgehead atoms. The SMILES string of the molecule is CCCNC(=O)C1(CC)CCCC1. The van der Waals surface area contributed by atoms with Crippen molar-refractivity contribution in [2.45, 2.75) is 52.4 Å². The Bertz CT molecular complexity index is 171. The van der Waals surface area contributed by atoms with Gasteiger partial charge in [-0.05, 0) is 25.7 Å². The maximum Gasteiger partial charge on any atom is 0.226 e. The maximum atomic E-state index is 11.8. The molecule has 0 aliphatic heterocycles. The highest BCUT2D eigenvalue weighted by Crippen LogP contribution is 2.40. The molecule has 0 aromatic rings. The largest absolute Gasteiger partial charge is 0.356 e. The van der Waals surface area contributed by atoms with Crippen molar-refractivity contribution in [1.29, 1.82) is 0 Å². The number of carbonyl (C=O) groups is 1. The lowest BCUT2D eigenvalue weighted by molar-refractivity contribution is -0.131. The number of carbonyl (C=O) groups excluding carboxylic acids is 1. The lowest BCUT2D eigenvalue weighted by Gasteiger charge is -2.25. The number of amides is 1. The highest BCUT2D eigenvalue weighted by molar-refractivity contribution is 5.82. The number of hydrogen-bond donors (Lipinski definition) is 1. The van der Waals surface area contributed by atoms with Crippen LogP contribution in [0.25, 0.3) is 0 Å². The fraction of sp³-hybridized carbons (Fsp3) is 0.909. The van der Waals surface area contributed by atoms with E-state index in [4.69, 9.17) is 0 Å². The Labute approximate surface area is 81.1 Å². The van der Waals surface area contributed by atoms with Crippen molar-refractivity contribution in [2.75, 3.05) is 6.54 Å². The van der Waals surface area contributed by atoms with Gasteiger partial charge in [-0.3, -0.25) is 4.79 Å². The fourth-order valence-electron chi connectivity index (χ4n) is 2.22. The van der Waals surface area contributed by atoms with Gasteiger partial charge in [-0.15, -0.1) is 0 Å². The maximum absolute atomic E-state index is 11.8. The zero-order valence-electron chi connectivity index (χ0n) is 8.86. The third kappa shape index (κ3) is 2.23. The molecule has 13 heavy (non-hydrogen) atoms. The van der Waals surface area contributed by atoms with E-state index >= 15 is 0 Å². The minimum Gasteiger partial charge on any atom is -0.356 e. The van der Waals surface area contributed by atoms with Crippen LogP contribution in [0.4, 0.5) is 0 Å². The highest BCUT2D eigenvalue weighted by Gasteiger charge is 2.38. The van der Waals surface area contributed by atoms with Gasteiger partial charge in [0.2, 0.25) is 5.91 Å². The van der Waals surface area contributed by atoms with Crippen molar-refractivity contribution in [3.8, 4) is 0 Å². The Kier molecular flexibility index (Phi) is 3.76. The second-order valence-corrected chi connectivity index (χ2v) is 4.10. The van der Waals surface area contributed by atoms with Crippen molar-refractivity contribution < 1.29 is 4.79 Å². The van der Waals surface area contributed by atoms with Gasteiger partial charge in [0.1, 0.15) is 0 Å². The van der Waals surface area contributed by atoms with Gasteiger partial charge in [-0.2, -0.15) is 0 Å². The van der Waals surface area contributed by atoms with Crippen LogP contribution >= 0.6 is 0 Å². The van der Waals surface area contributed by atoms with Gasteiger partial charge < -0.3 is 5.32 Å². The molecular formula is C11H21NO. The highest BCUT2D eigenvalue weighted by atomic mass is 16.2. The van der Waals surface area contributed by atoms with Crippen LogP contribution in [0.1, 0.15) is 52.4 Å². The first kappa shape index (κ1) is 10.6. The molecule has 0 aromatic carbocycles. The summed E-state index contributed by atoms with van der Waals surface area (Å²) in [7, 11) is 0. The molecule has 2 nitrogen and oxygen atoms in total. The molecule has 0 saturated heterocycles. The van der Waals surface area contributed by atoms with E-state index in [-0.39, 0.29) is 5.41 Å². The molecule has 1 saturated carbocycles. The Hall–Kier alpha value is -0.530. The fourth-order valence-corrected chi connectivity index (χ4v) is 2.22. The van der Waals surface area contributed by atoms with Crippen molar-refractivity contribution in [3.05, 3.63) is 0 Å². The van der Waals surface area contributed by atoms with E-state index in [2.05, 4.69) is 19.2 Å².